The Morgan fingerprint density at radius 2 is 0.882 bits per heavy atom. The lowest BCUT2D eigenvalue weighted by Crippen LogP contribution is -2.22. The number of sulfone groups is 1. The smallest absolute Gasteiger partial charge is 0.281 e. The van der Waals surface area contributed by atoms with Crippen molar-refractivity contribution in [1.82, 2.24) is 9.13 Å². The van der Waals surface area contributed by atoms with E-state index in [2.05, 4.69) is 20.5 Å². The molecule has 0 amide bonds. The van der Waals surface area contributed by atoms with E-state index in [1.807, 2.05) is 0 Å². The van der Waals surface area contributed by atoms with Gasteiger partial charge in [-0.3, -0.25) is 27.8 Å². The first kappa shape index (κ1) is 38.7. The summed E-state index contributed by atoms with van der Waals surface area (Å²) >= 11 is 0. The Hall–Kier alpha value is -5.09. The molecule has 0 bridgehead atoms. The van der Waals surface area contributed by atoms with E-state index in [-0.39, 0.29) is 67.9 Å². The molecule has 0 saturated carbocycles. The highest BCUT2D eigenvalue weighted by Gasteiger charge is 2.24. The molecule has 0 saturated heterocycles. The average molecular weight is 765 g/mol. The number of hydrogen-bond acceptors (Lipinski definition) is 14. The van der Waals surface area contributed by atoms with Crippen molar-refractivity contribution in [2.75, 3.05) is 0 Å². The molecule has 18 nitrogen and oxygen atoms in total. The zero-order chi connectivity index (χ0) is 38.1. The van der Waals surface area contributed by atoms with Crippen molar-refractivity contribution >= 4 is 52.8 Å². The topological polar surface area (TPSA) is 277 Å². The summed E-state index contributed by atoms with van der Waals surface area (Å²) in [6.45, 7) is 5.64. The maximum atomic E-state index is 13.3. The van der Waals surface area contributed by atoms with Crippen LogP contribution >= 0.6 is 0 Å². The van der Waals surface area contributed by atoms with Crippen molar-refractivity contribution in [3.8, 4) is 11.8 Å². The summed E-state index contributed by atoms with van der Waals surface area (Å²) in [6.07, 6.45) is 0. The lowest BCUT2D eigenvalue weighted by Gasteiger charge is -2.14. The van der Waals surface area contributed by atoms with E-state index < -0.39 is 64.5 Å². The molecule has 2 aromatic heterocycles. The number of hydrogen-bond donors (Lipinski definition) is 4. The summed E-state index contributed by atoms with van der Waals surface area (Å²) in [5.74, 6) is -3.21. The maximum absolute atomic E-state index is 13.3. The van der Waals surface area contributed by atoms with Crippen LogP contribution in [0.5, 0.6) is 11.8 Å². The molecule has 0 radical (unpaired) electrons. The van der Waals surface area contributed by atoms with Crippen molar-refractivity contribution in [3.05, 3.63) is 91.5 Å². The number of nitrogens with zero attached hydrogens (tertiary/aromatic N) is 6. The number of aromatic nitrogens is 2. The van der Waals surface area contributed by atoms with Gasteiger partial charge in [0.25, 0.3) is 31.4 Å². The molecule has 0 fully saturated rings. The van der Waals surface area contributed by atoms with Crippen LogP contribution in [0.4, 0.5) is 22.7 Å². The van der Waals surface area contributed by atoms with Gasteiger partial charge in [0.1, 0.15) is 11.5 Å². The van der Waals surface area contributed by atoms with Gasteiger partial charge in [0.2, 0.25) is 9.84 Å². The first-order valence-electron chi connectivity index (χ1n) is 14.8. The second-order valence-corrected chi connectivity index (χ2v) is 15.8. The maximum Gasteiger partial charge on any atom is 0.281 e. The predicted molar refractivity (Wildman–Crippen MR) is 183 cm³/mol. The highest BCUT2D eigenvalue weighted by atomic mass is 32.2. The van der Waals surface area contributed by atoms with Gasteiger partial charge in [-0.25, -0.2) is 8.42 Å². The lowest BCUT2D eigenvalue weighted by molar-refractivity contribution is 0.403. The van der Waals surface area contributed by atoms with Gasteiger partial charge in [-0.1, -0.05) is 0 Å². The van der Waals surface area contributed by atoms with Crippen molar-refractivity contribution in [2.45, 2.75) is 62.1 Å². The molecule has 0 aliphatic carbocycles. The van der Waals surface area contributed by atoms with Gasteiger partial charge in [-0.2, -0.15) is 27.1 Å². The Kier molecular flexibility index (Phi) is 11.1. The third kappa shape index (κ3) is 8.45. The molecule has 2 aromatic carbocycles. The van der Waals surface area contributed by atoms with Crippen LogP contribution in [-0.4, -0.2) is 53.7 Å². The second-order valence-electron chi connectivity index (χ2n) is 11.0. The molecular weight excluding hydrogens is 733 g/mol. The first-order chi connectivity index (χ1) is 23.7. The van der Waals surface area contributed by atoms with E-state index in [1.54, 1.807) is 0 Å². The summed E-state index contributed by atoms with van der Waals surface area (Å²) in [4.78, 5) is 25.5. The molecule has 51 heavy (non-hydrogen) atoms. The fourth-order valence-electron chi connectivity index (χ4n) is 4.98. The molecule has 0 unspecified atom stereocenters. The average Bonchev–Trinajstić information content (AvgIpc) is 3.05. The van der Waals surface area contributed by atoms with Crippen LogP contribution in [0, 0.1) is 13.8 Å². The minimum atomic E-state index is -4.57. The van der Waals surface area contributed by atoms with Gasteiger partial charge >= 0.3 is 0 Å². The third-order valence-corrected chi connectivity index (χ3v) is 10.8. The first-order valence-corrected chi connectivity index (χ1v) is 19.5. The van der Waals surface area contributed by atoms with E-state index in [4.69, 9.17) is 0 Å². The number of rotatable bonds is 12. The number of pyridine rings is 2. The van der Waals surface area contributed by atoms with Crippen LogP contribution in [0.25, 0.3) is 0 Å². The normalized spacial score (nSPS) is 12.7. The number of aromatic hydroxyl groups is 2. The predicted octanol–water partition coefficient (Wildman–Crippen LogP) is 4.52. The third-order valence-electron chi connectivity index (χ3n) is 7.67. The van der Waals surface area contributed by atoms with Crippen molar-refractivity contribution in [2.24, 2.45) is 20.5 Å². The van der Waals surface area contributed by atoms with E-state index in [0.29, 0.717) is 0 Å². The van der Waals surface area contributed by atoms with Crippen molar-refractivity contribution in [1.29, 1.82) is 0 Å². The van der Waals surface area contributed by atoms with Crippen molar-refractivity contribution < 1.29 is 44.6 Å². The molecule has 4 aromatic rings. The Morgan fingerprint density at radius 3 is 1.16 bits per heavy atom. The number of azo groups is 2. The standard InChI is InChI=1S/C30H32N6O12S3/c1-5-35-27(37)23(15-49(41,42)43)17(3)25(29(35)39)33-31-19-7-11-21(12-8-19)51(47,48)22-13-9-20(10-14-22)32-34-26-18(4)24(16-50(44,45)46)28(38)36(6-2)30(26)40/h7-14,37-38H,5-6,15-16H2,1-4H3,(H,41,42,43)(H,44,45,46). The van der Waals surface area contributed by atoms with Crippen LogP contribution in [0.3, 0.4) is 0 Å². The zero-order valence-corrected chi connectivity index (χ0v) is 29.9. The monoisotopic (exact) mass is 764 g/mol. The van der Waals surface area contributed by atoms with E-state index in [9.17, 15) is 54.2 Å². The van der Waals surface area contributed by atoms with Gasteiger partial charge in [-0.05, 0) is 87.4 Å². The highest BCUT2D eigenvalue weighted by molar-refractivity contribution is 7.91. The molecule has 0 atom stereocenters. The van der Waals surface area contributed by atoms with Gasteiger partial charge in [0, 0.05) is 24.2 Å². The molecule has 272 valence electrons. The van der Waals surface area contributed by atoms with Crippen molar-refractivity contribution in [3.63, 3.8) is 0 Å². The summed E-state index contributed by atoms with van der Waals surface area (Å²) in [5, 5.41) is 36.6. The quantitative estimate of drug-likeness (QED) is 0.114. The van der Waals surface area contributed by atoms with E-state index >= 15 is 0 Å². The van der Waals surface area contributed by atoms with Crippen LogP contribution in [-0.2, 0) is 54.7 Å². The van der Waals surface area contributed by atoms with Gasteiger partial charge < -0.3 is 10.2 Å². The van der Waals surface area contributed by atoms with Crippen LogP contribution in [0.15, 0.2) is 88.4 Å². The molecule has 0 aliphatic rings. The fraction of sp³-hybridized carbons (Fsp3) is 0.267. The van der Waals surface area contributed by atoms with E-state index in [1.165, 1.54) is 76.2 Å². The Balaban J connectivity index is 1.60. The fourth-order valence-corrected chi connectivity index (χ4v) is 7.67. The summed E-state index contributed by atoms with van der Waals surface area (Å²) in [5.41, 5.74) is -2.39. The van der Waals surface area contributed by atoms with Crippen LogP contribution in [0.2, 0.25) is 0 Å². The van der Waals surface area contributed by atoms with Crippen LogP contribution < -0.4 is 11.1 Å². The summed E-state index contributed by atoms with van der Waals surface area (Å²) in [6, 6.07) is 10.2. The molecule has 0 spiro atoms. The molecule has 0 aliphatic heterocycles. The molecule has 4 N–H and O–H groups in total. The molecule has 4 rings (SSSR count). The van der Waals surface area contributed by atoms with Crippen LogP contribution in [0.1, 0.15) is 36.1 Å². The minimum absolute atomic E-state index is 0.0241. The minimum Gasteiger partial charge on any atom is -0.494 e. The molecule has 21 heteroatoms. The second kappa shape index (κ2) is 14.6. The Labute approximate surface area is 291 Å². The molecule has 2 heterocycles. The Morgan fingerprint density at radius 1 is 0.569 bits per heavy atom. The lowest BCUT2D eigenvalue weighted by atomic mass is 10.1. The van der Waals surface area contributed by atoms with E-state index in [0.717, 1.165) is 9.13 Å². The van der Waals surface area contributed by atoms with Gasteiger partial charge in [-0.15, -0.1) is 10.2 Å². The summed E-state index contributed by atoms with van der Waals surface area (Å²) in [7, 11) is -13.2. The SMILES string of the molecule is CCn1c(O)c(CS(=O)(=O)O)c(C)c(N=Nc2ccc(S(=O)(=O)c3ccc(N=Nc4c(C)c(CS(=O)(=O)O)c(O)n(CC)c4=O)cc3)cc2)c1=O. The number of benzene rings is 2. The van der Waals surface area contributed by atoms with Gasteiger partial charge in [0.05, 0.1) is 21.2 Å². The molecular formula is C30H32N6O12S3. The highest BCUT2D eigenvalue weighted by Crippen LogP contribution is 2.32. The van der Waals surface area contributed by atoms with Gasteiger partial charge in [0.15, 0.2) is 23.1 Å². The zero-order valence-electron chi connectivity index (χ0n) is 27.4. The Bertz CT molecular complexity index is 2350. The largest absolute Gasteiger partial charge is 0.494 e. The summed E-state index contributed by atoms with van der Waals surface area (Å²) < 4.78 is 93.0.